The van der Waals surface area contributed by atoms with E-state index in [1.54, 1.807) is 0 Å². The smallest absolute Gasteiger partial charge is 0.130 e. The van der Waals surface area contributed by atoms with E-state index in [1.165, 1.54) is 11.3 Å². The van der Waals surface area contributed by atoms with Crippen LogP contribution in [0, 0.1) is 0 Å². The molecule has 3 nitrogen and oxygen atoms in total. The Balaban J connectivity index is 2.16. The zero-order valence-electron chi connectivity index (χ0n) is 11.6. The molecule has 1 aliphatic rings. The molecule has 18 heavy (non-hydrogen) atoms. The Labute approximate surface area is 113 Å². The molecule has 0 saturated heterocycles. The summed E-state index contributed by atoms with van der Waals surface area (Å²) >= 11 is -0.874. The Morgan fingerprint density at radius 3 is 2.61 bits per heavy atom. The predicted molar refractivity (Wildman–Crippen MR) is 75.7 cm³/mol. The fourth-order valence-corrected chi connectivity index (χ4v) is 3.31. The first kappa shape index (κ1) is 13.8. The molecule has 0 N–H and O–H groups in total. The van der Waals surface area contributed by atoms with Crippen LogP contribution in [0.3, 0.4) is 0 Å². The number of fused-ring (bicyclic) bond motifs is 1. The standard InChI is InChI=1S/C14H22N2OS/c1-10(2)13-6-5-12-9-16(18(17)11(3)4)8-7-14(12)15-13/h5-6,10-11H,7-9H2,1-4H3. The van der Waals surface area contributed by atoms with Gasteiger partial charge in [-0.2, -0.15) is 0 Å². The summed E-state index contributed by atoms with van der Waals surface area (Å²) in [6.45, 7) is 9.96. The molecule has 0 aliphatic carbocycles. The molecular weight excluding hydrogens is 244 g/mol. The van der Waals surface area contributed by atoms with E-state index in [0.717, 1.165) is 25.2 Å². The molecule has 2 heterocycles. The zero-order valence-corrected chi connectivity index (χ0v) is 12.5. The first-order valence-corrected chi connectivity index (χ1v) is 7.80. The van der Waals surface area contributed by atoms with Crippen molar-refractivity contribution >= 4 is 11.4 Å². The molecule has 0 bridgehead atoms. The van der Waals surface area contributed by atoms with Crippen LogP contribution in [0.1, 0.15) is 50.6 Å². The molecule has 1 aromatic heterocycles. The van der Waals surface area contributed by atoms with Crippen molar-refractivity contribution in [1.29, 1.82) is 0 Å². The summed E-state index contributed by atoms with van der Waals surface area (Å²) < 4.78 is 14.2. The lowest BCUT2D eigenvalue weighted by molar-refractivity contribution is 0.382. The molecule has 0 fully saturated rings. The average molecular weight is 266 g/mol. The van der Waals surface area contributed by atoms with Gasteiger partial charge in [0.25, 0.3) is 0 Å². The Bertz CT molecular complexity index is 420. The maximum absolute atomic E-state index is 12.1. The van der Waals surface area contributed by atoms with Gasteiger partial charge < -0.3 is 4.55 Å². The molecule has 100 valence electrons. The molecule has 1 atom stereocenters. The van der Waals surface area contributed by atoms with Gasteiger partial charge in [-0.15, -0.1) is 4.31 Å². The maximum atomic E-state index is 12.1. The SMILES string of the molecule is CC(C)c1ccc2c(n1)CCN([S+]([O-])C(C)C)C2. The van der Waals surface area contributed by atoms with E-state index in [2.05, 4.69) is 30.3 Å². The van der Waals surface area contributed by atoms with E-state index in [9.17, 15) is 4.55 Å². The van der Waals surface area contributed by atoms with E-state index in [-0.39, 0.29) is 5.25 Å². The van der Waals surface area contributed by atoms with Crippen LogP contribution < -0.4 is 0 Å². The number of hydrogen-bond acceptors (Lipinski definition) is 3. The van der Waals surface area contributed by atoms with Gasteiger partial charge in [0.1, 0.15) is 5.25 Å². The van der Waals surface area contributed by atoms with Crippen molar-refractivity contribution in [3.8, 4) is 0 Å². The van der Waals surface area contributed by atoms with Crippen LogP contribution in [-0.2, 0) is 24.3 Å². The molecule has 1 aliphatic heterocycles. The van der Waals surface area contributed by atoms with Crippen molar-refractivity contribution in [2.75, 3.05) is 6.54 Å². The molecular formula is C14H22N2OS. The Kier molecular flexibility index (Phi) is 4.30. The molecule has 0 saturated carbocycles. The highest BCUT2D eigenvalue weighted by molar-refractivity contribution is 7.89. The van der Waals surface area contributed by atoms with Crippen molar-refractivity contribution in [2.24, 2.45) is 0 Å². The predicted octanol–water partition coefficient (Wildman–Crippen LogP) is 2.64. The second-order valence-corrected chi connectivity index (χ2v) is 7.45. The second-order valence-electron chi connectivity index (χ2n) is 5.44. The molecule has 0 aromatic carbocycles. The van der Waals surface area contributed by atoms with Gasteiger partial charge in [-0.25, -0.2) is 0 Å². The van der Waals surface area contributed by atoms with Crippen LogP contribution in [0.4, 0.5) is 0 Å². The van der Waals surface area contributed by atoms with E-state index < -0.39 is 11.4 Å². The lowest BCUT2D eigenvalue weighted by Gasteiger charge is -2.30. The molecule has 0 spiro atoms. The van der Waals surface area contributed by atoms with Crippen LogP contribution in [0.25, 0.3) is 0 Å². The first-order valence-electron chi connectivity index (χ1n) is 6.63. The number of aromatic nitrogens is 1. The molecule has 0 radical (unpaired) electrons. The van der Waals surface area contributed by atoms with Crippen LogP contribution in [-0.4, -0.2) is 25.6 Å². The molecule has 2 rings (SSSR count). The quantitative estimate of drug-likeness (QED) is 0.790. The highest BCUT2D eigenvalue weighted by Crippen LogP contribution is 2.23. The number of nitrogens with zero attached hydrogens (tertiary/aromatic N) is 2. The number of rotatable bonds is 3. The topological polar surface area (TPSA) is 39.2 Å². The summed E-state index contributed by atoms with van der Waals surface area (Å²) in [7, 11) is 0. The maximum Gasteiger partial charge on any atom is 0.130 e. The van der Waals surface area contributed by atoms with E-state index in [1.807, 2.05) is 13.8 Å². The molecule has 4 heteroatoms. The normalized spacial score (nSPS) is 18.2. The van der Waals surface area contributed by atoms with Gasteiger partial charge in [0.05, 0.1) is 13.1 Å². The summed E-state index contributed by atoms with van der Waals surface area (Å²) in [5.41, 5.74) is 3.59. The van der Waals surface area contributed by atoms with Gasteiger partial charge >= 0.3 is 0 Å². The van der Waals surface area contributed by atoms with Crippen LogP contribution in [0.2, 0.25) is 0 Å². The lowest BCUT2D eigenvalue weighted by atomic mass is 10.0. The molecule has 0 amide bonds. The minimum absolute atomic E-state index is 0.189. The molecule has 1 unspecified atom stereocenters. The fourth-order valence-electron chi connectivity index (χ4n) is 2.18. The average Bonchev–Trinajstić information content (AvgIpc) is 2.36. The van der Waals surface area contributed by atoms with Gasteiger partial charge in [0, 0.05) is 29.2 Å². The lowest BCUT2D eigenvalue weighted by Crippen LogP contribution is -2.40. The summed E-state index contributed by atoms with van der Waals surface area (Å²) in [4.78, 5) is 4.73. The Hall–Kier alpha value is -0.580. The van der Waals surface area contributed by atoms with Gasteiger partial charge in [-0.3, -0.25) is 4.98 Å². The van der Waals surface area contributed by atoms with E-state index in [0.29, 0.717) is 5.92 Å². The van der Waals surface area contributed by atoms with Crippen molar-refractivity contribution in [2.45, 2.75) is 51.8 Å². The van der Waals surface area contributed by atoms with Crippen molar-refractivity contribution in [3.05, 3.63) is 29.1 Å². The third-order valence-corrected chi connectivity index (χ3v) is 4.91. The van der Waals surface area contributed by atoms with Crippen molar-refractivity contribution in [3.63, 3.8) is 0 Å². The van der Waals surface area contributed by atoms with Crippen molar-refractivity contribution in [1.82, 2.24) is 9.29 Å². The van der Waals surface area contributed by atoms with Crippen LogP contribution in [0.5, 0.6) is 0 Å². The van der Waals surface area contributed by atoms with E-state index >= 15 is 0 Å². The summed E-state index contributed by atoms with van der Waals surface area (Å²) in [5, 5.41) is 0.189. The summed E-state index contributed by atoms with van der Waals surface area (Å²) in [5.74, 6) is 0.470. The highest BCUT2D eigenvalue weighted by atomic mass is 32.2. The fraction of sp³-hybridized carbons (Fsp3) is 0.643. The Morgan fingerprint density at radius 2 is 2.00 bits per heavy atom. The van der Waals surface area contributed by atoms with Gasteiger partial charge in [0.2, 0.25) is 0 Å². The van der Waals surface area contributed by atoms with Gasteiger partial charge in [-0.1, -0.05) is 19.9 Å². The monoisotopic (exact) mass is 266 g/mol. The third kappa shape index (κ3) is 2.87. The van der Waals surface area contributed by atoms with Crippen LogP contribution in [0.15, 0.2) is 12.1 Å². The van der Waals surface area contributed by atoms with E-state index in [4.69, 9.17) is 4.98 Å². The first-order chi connectivity index (χ1) is 8.49. The molecule has 1 aromatic rings. The summed E-state index contributed by atoms with van der Waals surface area (Å²) in [6.07, 6.45) is 0.911. The number of hydrogen-bond donors (Lipinski definition) is 0. The second kappa shape index (κ2) is 5.59. The minimum Gasteiger partial charge on any atom is -0.598 e. The zero-order chi connectivity index (χ0) is 13.3. The van der Waals surface area contributed by atoms with Crippen molar-refractivity contribution < 1.29 is 4.55 Å². The largest absolute Gasteiger partial charge is 0.598 e. The minimum atomic E-state index is -0.874. The number of pyridine rings is 1. The third-order valence-electron chi connectivity index (χ3n) is 3.28. The van der Waals surface area contributed by atoms with Gasteiger partial charge in [0.15, 0.2) is 0 Å². The Morgan fingerprint density at radius 1 is 1.28 bits per heavy atom. The summed E-state index contributed by atoms with van der Waals surface area (Å²) in [6, 6.07) is 4.26. The van der Waals surface area contributed by atoms with Gasteiger partial charge in [-0.05, 0) is 31.4 Å². The van der Waals surface area contributed by atoms with Crippen LogP contribution >= 0.6 is 0 Å². The highest BCUT2D eigenvalue weighted by Gasteiger charge is 2.28.